The van der Waals surface area contributed by atoms with Gasteiger partial charge in [-0.1, -0.05) is 24.3 Å². The van der Waals surface area contributed by atoms with Crippen LogP contribution in [0, 0.1) is 6.92 Å². The maximum Gasteiger partial charge on any atom is 0.262 e. The van der Waals surface area contributed by atoms with E-state index in [0.717, 1.165) is 35.4 Å². The molecule has 0 aliphatic carbocycles. The Kier molecular flexibility index (Phi) is 3.39. The van der Waals surface area contributed by atoms with Crippen LogP contribution in [0.3, 0.4) is 0 Å². The first-order valence-electron chi connectivity index (χ1n) is 7.70. The summed E-state index contributed by atoms with van der Waals surface area (Å²) in [4.78, 5) is 12.7. The van der Waals surface area contributed by atoms with Crippen molar-refractivity contribution in [2.45, 2.75) is 13.5 Å². The molecular formula is C19H17NO3. The third-order valence-electron chi connectivity index (χ3n) is 4.01. The summed E-state index contributed by atoms with van der Waals surface area (Å²) in [6.45, 7) is 4.31. The van der Waals surface area contributed by atoms with Crippen molar-refractivity contribution >= 4 is 10.9 Å². The summed E-state index contributed by atoms with van der Waals surface area (Å²) < 4.78 is 12.2. The molecule has 0 unspecified atom stereocenters. The Morgan fingerprint density at radius 2 is 1.83 bits per heavy atom. The van der Waals surface area contributed by atoms with Crippen LogP contribution in [0.1, 0.15) is 11.1 Å². The second kappa shape index (κ2) is 5.56. The van der Waals surface area contributed by atoms with E-state index in [1.54, 1.807) is 4.57 Å². The first-order valence-corrected chi connectivity index (χ1v) is 7.70. The first-order chi connectivity index (χ1) is 11.3. The van der Waals surface area contributed by atoms with Crippen molar-refractivity contribution in [2.24, 2.45) is 0 Å². The topological polar surface area (TPSA) is 43.8 Å². The Morgan fingerprint density at radius 3 is 2.61 bits per heavy atom. The zero-order chi connectivity index (χ0) is 15.8. The Balaban J connectivity index is 0.000000406. The fourth-order valence-electron chi connectivity index (χ4n) is 2.82. The number of hydrogen-bond donors (Lipinski definition) is 0. The van der Waals surface area contributed by atoms with Crippen molar-refractivity contribution in [3.05, 3.63) is 70.0 Å². The van der Waals surface area contributed by atoms with E-state index < -0.39 is 0 Å². The molecule has 116 valence electrons. The fourth-order valence-corrected chi connectivity index (χ4v) is 2.82. The third-order valence-corrected chi connectivity index (χ3v) is 4.01. The molecule has 3 aliphatic rings. The molecule has 3 aromatic rings. The van der Waals surface area contributed by atoms with Crippen LogP contribution >= 0.6 is 0 Å². The van der Waals surface area contributed by atoms with Gasteiger partial charge in [0, 0.05) is 11.1 Å². The van der Waals surface area contributed by atoms with Crippen LogP contribution in [-0.2, 0) is 11.3 Å². The van der Waals surface area contributed by atoms with Crippen LogP contribution in [0.25, 0.3) is 16.6 Å². The van der Waals surface area contributed by atoms with Crippen LogP contribution in [0.2, 0.25) is 0 Å². The molecule has 0 amide bonds. The number of ether oxygens (including phenoxy) is 2. The van der Waals surface area contributed by atoms with E-state index in [2.05, 4.69) is 4.74 Å². The normalized spacial score (nSPS) is 14.1. The smallest absolute Gasteiger partial charge is 0.262 e. The molecule has 6 rings (SSSR count). The molecule has 0 radical (unpaired) electrons. The van der Waals surface area contributed by atoms with Gasteiger partial charge in [0.25, 0.3) is 5.56 Å². The highest BCUT2D eigenvalue weighted by molar-refractivity contribution is 5.88. The number of rotatable bonds is 0. The Labute approximate surface area is 133 Å². The van der Waals surface area contributed by atoms with Gasteiger partial charge in [0.1, 0.15) is 12.4 Å². The summed E-state index contributed by atoms with van der Waals surface area (Å²) in [5, 5.41) is 0.979. The predicted molar refractivity (Wildman–Crippen MR) is 89.4 cm³/mol. The van der Waals surface area contributed by atoms with Gasteiger partial charge < -0.3 is 9.47 Å². The number of benzene rings is 2. The summed E-state index contributed by atoms with van der Waals surface area (Å²) in [7, 11) is 0. The Morgan fingerprint density at radius 1 is 1.04 bits per heavy atom. The van der Waals surface area contributed by atoms with Crippen LogP contribution in [-0.4, -0.2) is 17.8 Å². The Bertz CT molecular complexity index is 938. The summed E-state index contributed by atoms with van der Waals surface area (Å²) in [6, 6.07) is 15.8. The molecule has 0 spiro atoms. The lowest BCUT2D eigenvalue weighted by atomic mass is 10.1. The molecule has 1 fully saturated rings. The van der Waals surface area contributed by atoms with Gasteiger partial charge in [-0.15, -0.1) is 0 Å². The maximum absolute atomic E-state index is 12.7. The van der Waals surface area contributed by atoms with Crippen molar-refractivity contribution < 1.29 is 9.47 Å². The highest BCUT2D eigenvalue weighted by atomic mass is 16.6. The molecule has 4 nitrogen and oxygen atoms in total. The van der Waals surface area contributed by atoms with Gasteiger partial charge in [-0.2, -0.15) is 0 Å². The van der Waals surface area contributed by atoms with E-state index in [-0.39, 0.29) is 5.56 Å². The minimum absolute atomic E-state index is 0.0160. The molecule has 4 heterocycles. The lowest BCUT2D eigenvalue weighted by Gasteiger charge is -2.14. The summed E-state index contributed by atoms with van der Waals surface area (Å²) in [5.41, 5.74) is 3.49. The van der Waals surface area contributed by atoms with Crippen molar-refractivity contribution in [3.63, 3.8) is 0 Å². The van der Waals surface area contributed by atoms with E-state index in [0.29, 0.717) is 17.9 Å². The lowest BCUT2D eigenvalue weighted by Crippen LogP contribution is -2.21. The zero-order valence-corrected chi connectivity index (χ0v) is 12.9. The van der Waals surface area contributed by atoms with Gasteiger partial charge >= 0.3 is 0 Å². The highest BCUT2D eigenvalue weighted by Gasteiger charge is 2.18. The minimum Gasteiger partial charge on any atom is -0.488 e. The largest absolute Gasteiger partial charge is 0.488 e. The third kappa shape index (κ3) is 2.51. The van der Waals surface area contributed by atoms with Crippen LogP contribution in [0.4, 0.5) is 0 Å². The molecule has 1 saturated heterocycles. The van der Waals surface area contributed by atoms with E-state index in [1.165, 1.54) is 0 Å². The highest BCUT2D eigenvalue weighted by Crippen LogP contribution is 2.31. The number of para-hydroxylation sites is 1. The molecule has 0 saturated carbocycles. The van der Waals surface area contributed by atoms with E-state index in [4.69, 9.17) is 4.74 Å². The van der Waals surface area contributed by atoms with Gasteiger partial charge in [0.15, 0.2) is 0 Å². The number of epoxide rings is 1. The number of hydrogen-bond acceptors (Lipinski definition) is 3. The van der Waals surface area contributed by atoms with Crippen LogP contribution in [0.5, 0.6) is 5.75 Å². The second-order valence-corrected chi connectivity index (χ2v) is 5.68. The second-order valence-electron chi connectivity index (χ2n) is 5.68. The van der Waals surface area contributed by atoms with E-state index >= 15 is 0 Å². The van der Waals surface area contributed by atoms with Gasteiger partial charge in [0.2, 0.25) is 0 Å². The SMILES string of the molecule is C1CO1.Cc1c2c3ccccc3n(c1=O)-c1cccc(c1)CO2. The molecule has 1 aromatic heterocycles. The number of aromatic nitrogens is 1. The van der Waals surface area contributed by atoms with Crippen LogP contribution < -0.4 is 10.3 Å². The molecule has 0 N–H and O–H groups in total. The summed E-state index contributed by atoms with van der Waals surface area (Å²) in [6.07, 6.45) is 0. The van der Waals surface area contributed by atoms with Gasteiger partial charge in [0.05, 0.1) is 24.3 Å². The van der Waals surface area contributed by atoms with Crippen LogP contribution in [0.15, 0.2) is 53.3 Å². The standard InChI is InChI=1S/C17H13NO2.C2H4O/c1-11-16-14-7-2-3-8-15(14)18(17(11)19)13-6-4-5-12(9-13)10-20-16;1-2-3-1/h2-9H,10H2,1H3;1-2H2. The lowest BCUT2D eigenvalue weighted by molar-refractivity contribution is 0.308. The van der Waals surface area contributed by atoms with E-state index in [1.807, 2.05) is 55.5 Å². The van der Waals surface area contributed by atoms with Gasteiger partial charge in [-0.05, 0) is 36.8 Å². The molecule has 23 heavy (non-hydrogen) atoms. The van der Waals surface area contributed by atoms with Crippen molar-refractivity contribution in [2.75, 3.05) is 13.2 Å². The van der Waals surface area contributed by atoms with E-state index in [9.17, 15) is 4.79 Å². The van der Waals surface area contributed by atoms with Gasteiger partial charge in [-0.25, -0.2) is 0 Å². The maximum atomic E-state index is 12.7. The quantitative estimate of drug-likeness (QED) is 0.599. The monoisotopic (exact) mass is 307 g/mol. The molecule has 4 heteroatoms. The molecule has 2 aromatic carbocycles. The minimum atomic E-state index is -0.0160. The zero-order valence-electron chi connectivity index (χ0n) is 12.9. The fraction of sp³-hybridized carbons (Fsp3) is 0.211. The number of pyridine rings is 1. The summed E-state index contributed by atoms with van der Waals surface area (Å²) >= 11 is 0. The predicted octanol–water partition coefficient (Wildman–Crippen LogP) is 3.21. The van der Waals surface area contributed by atoms with Crippen molar-refractivity contribution in [3.8, 4) is 11.4 Å². The number of fused-ring (bicyclic) bond motifs is 2. The molecule has 3 aliphatic heterocycles. The van der Waals surface area contributed by atoms with Gasteiger partial charge in [-0.3, -0.25) is 9.36 Å². The van der Waals surface area contributed by atoms with Crippen molar-refractivity contribution in [1.82, 2.24) is 4.57 Å². The molecule has 0 atom stereocenters. The Hall–Kier alpha value is -2.59. The average Bonchev–Trinajstić information content (AvgIpc) is 3.44. The van der Waals surface area contributed by atoms with Crippen molar-refractivity contribution in [1.29, 1.82) is 0 Å². The first kappa shape index (κ1) is 14.0. The average molecular weight is 307 g/mol. The molecule has 4 bridgehead atoms. The molecular weight excluding hydrogens is 290 g/mol. The summed E-state index contributed by atoms with van der Waals surface area (Å²) in [5.74, 6) is 0.698. The number of nitrogens with zero attached hydrogens (tertiary/aromatic N) is 1.